The van der Waals surface area contributed by atoms with Crippen LogP contribution in [0.2, 0.25) is 0 Å². The van der Waals surface area contributed by atoms with E-state index in [0.717, 1.165) is 15.9 Å². The van der Waals surface area contributed by atoms with E-state index in [1.165, 1.54) is 0 Å². The van der Waals surface area contributed by atoms with Crippen molar-refractivity contribution in [3.63, 3.8) is 0 Å². The smallest absolute Gasteiger partial charge is 0.259 e. The van der Waals surface area contributed by atoms with Gasteiger partial charge in [-0.25, -0.2) is 0 Å². The Kier molecular flexibility index (Phi) is 5.26. The monoisotopic (exact) mass is 462 g/mol. The quantitative estimate of drug-likeness (QED) is 0.196. The number of carbonyl (C=O) groups excluding carboxylic acids is 1. The summed E-state index contributed by atoms with van der Waals surface area (Å²) in [4.78, 5) is 26.3. The molecule has 5 nitrogen and oxygen atoms in total. The number of aryl methyl sites for hydroxylation is 2. The Labute approximate surface area is 181 Å². The first-order valence-corrected chi connectivity index (χ1v) is 10.3. The number of benzene rings is 2. The normalized spacial score (nSPS) is 11.0. The molecule has 0 N–H and O–H groups in total. The molecule has 0 aliphatic heterocycles. The molecule has 30 heavy (non-hydrogen) atoms. The van der Waals surface area contributed by atoms with E-state index in [1.54, 1.807) is 53.2 Å². The number of halogens is 1. The van der Waals surface area contributed by atoms with E-state index in [1.807, 2.05) is 32.0 Å². The van der Waals surface area contributed by atoms with Crippen LogP contribution in [0.4, 0.5) is 0 Å². The van der Waals surface area contributed by atoms with E-state index in [0.29, 0.717) is 26.8 Å². The van der Waals surface area contributed by atoms with E-state index in [4.69, 9.17) is 0 Å². The molecule has 4 rings (SSSR count). The van der Waals surface area contributed by atoms with E-state index in [2.05, 4.69) is 15.9 Å². The van der Waals surface area contributed by atoms with Crippen LogP contribution >= 0.6 is 15.9 Å². The van der Waals surface area contributed by atoms with Crippen LogP contribution in [0.15, 0.2) is 76.3 Å². The summed E-state index contributed by atoms with van der Waals surface area (Å²) >= 11 is 3.24. The Hall–Kier alpha value is -3.25. The number of hydrogen-bond donors (Lipinski definition) is 0. The number of nitrogens with zero attached hydrogens (tertiary/aromatic N) is 2. The molecule has 2 heterocycles. The molecule has 0 aliphatic rings. The highest BCUT2D eigenvalue weighted by Gasteiger charge is 2.19. The molecule has 0 amide bonds. The number of carbonyl (C=O) groups is 1. The van der Waals surface area contributed by atoms with Gasteiger partial charge >= 0.3 is 0 Å². The van der Waals surface area contributed by atoms with Crippen LogP contribution < -0.4 is 10.2 Å². The maximum Gasteiger partial charge on any atom is 0.259 e. The molecule has 0 saturated carbocycles. The summed E-state index contributed by atoms with van der Waals surface area (Å²) in [7, 11) is 0. The lowest BCUT2D eigenvalue weighted by Crippen LogP contribution is -2.34. The van der Waals surface area contributed by atoms with E-state index in [9.17, 15) is 14.8 Å². The molecule has 150 valence electrons. The van der Waals surface area contributed by atoms with Gasteiger partial charge in [-0.1, -0.05) is 24.3 Å². The van der Waals surface area contributed by atoms with Gasteiger partial charge in [0.1, 0.15) is 6.54 Å². The number of ketones is 1. The van der Waals surface area contributed by atoms with Gasteiger partial charge in [-0.05, 0) is 49.2 Å². The van der Waals surface area contributed by atoms with Crippen molar-refractivity contribution in [3.8, 4) is 0 Å². The molecule has 0 atom stereocenters. The Morgan fingerprint density at radius 1 is 1.03 bits per heavy atom. The summed E-state index contributed by atoms with van der Waals surface area (Å²) in [6, 6.07) is 17.7. The van der Waals surface area contributed by atoms with E-state index < -0.39 is 0 Å². The minimum absolute atomic E-state index is 0.0874. The molecule has 6 heteroatoms. The van der Waals surface area contributed by atoms with Crippen LogP contribution in [0.1, 0.15) is 32.7 Å². The molecule has 2 aromatic heterocycles. The molecule has 0 aliphatic carbocycles. The third-order valence-electron chi connectivity index (χ3n) is 5.31. The lowest BCUT2D eigenvalue weighted by Gasteiger charge is -2.14. The topological polar surface area (TPSA) is 66.0 Å². The SMILES string of the molecule is Cc1ccc(C(=O)c2cn(Cc3cccc(Br)[n+]3[O-])c3ccccc3c2=O)cc1C. The van der Waals surface area contributed by atoms with Gasteiger partial charge in [0.15, 0.2) is 5.78 Å². The largest absolute Gasteiger partial charge is 0.618 e. The molecule has 0 unspecified atom stereocenters. The van der Waals surface area contributed by atoms with Gasteiger partial charge in [0.25, 0.3) is 4.60 Å². The Balaban J connectivity index is 1.90. The van der Waals surface area contributed by atoms with E-state index >= 15 is 0 Å². The fraction of sp³-hybridized carbons (Fsp3) is 0.125. The van der Waals surface area contributed by atoms with Crippen molar-refractivity contribution in [2.45, 2.75) is 20.4 Å². The zero-order valence-corrected chi connectivity index (χ0v) is 18.1. The molecule has 2 aromatic carbocycles. The highest BCUT2D eigenvalue weighted by molar-refractivity contribution is 9.10. The van der Waals surface area contributed by atoms with Crippen molar-refractivity contribution in [1.82, 2.24) is 4.57 Å². The van der Waals surface area contributed by atoms with Gasteiger partial charge in [0.05, 0.1) is 11.1 Å². The molecule has 0 spiro atoms. The Bertz CT molecular complexity index is 1360. The van der Waals surface area contributed by atoms with Crippen LogP contribution in [0.25, 0.3) is 10.9 Å². The zero-order chi connectivity index (χ0) is 21.4. The fourth-order valence-electron chi connectivity index (χ4n) is 3.48. The standard InChI is InChI=1S/C24H19BrN2O3/c1-15-10-11-17(12-16(15)2)23(28)20-14-26(13-18-6-5-9-22(25)27(18)30)21-8-4-3-7-19(21)24(20)29/h3-12,14H,13H2,1-2H3. The molecule has 0 bridgehead atoms. The highest BCUT2D eigenvalue weighted by Crippen LogP contribution is 2.18. The first-order chi connectivity index (χ1) is 14.4. The number of hydrogen-bond acceptors (Lipinski definition) is 3. The lowest BCUT2D eigenvalue weighted by atomic mass is 9.99. The second-order valence-corrected chi connectivity index (χ2v) is 8.09. The second-order valence-electron chi connectivity index (χ2n) is 7.28. The second kappa shape index (κ2) is 7.88. The zero-order valence-electron chi connectivity index (χ0n) is 16.6. The van der Waals surface area contributed by atoms with Crippen LogP contribution in [0, 0.1) is 19.1 Å². The van der Waals surface area contributed by atoms with Gasteiger partial charge in [-0.3, -0.25) is 9.59 Å². The Morgan fingerprint density at radius 2 is 1.80 bits per heavy atom. The fourth-order valence-corrected chi connectivity index (χ4v) is 3.86. The van der Waals surface area contributed by atoms with Gasteiger partial charge in [0.2, 0.25) is 11.1 Å². The summed E-state index contributed by atoms with van der Waals surface area (Å²) in [5, 5.41) is 12.9. The van der Waals surface area contributed by atoms with Crippen molar-refractivity contribution in [2.24, 2.45) is 0 Å². The van der Waals surface area contributed by atoms with Gasteiger partial charge in [-0.15, -0.1) is 0 Å². The van der Waals surface area contributed by atoms with Crippen molar-refractivity contribution in [1.29, 1.82) is 0 Å². The minimum atomic E-state index is -0.327. The van der Waals surface area contributed by atoms with Gasteiger partial charge < -0.3 is 9.77 Å². The molecule has 0 fully saturated rings. The number of aromatic nitrogens is 2. The maximum absolute atomic E-state index is 13.2. The first kappa shape index (κ1) is 20.0. The highest BCUT2D eigenvalue weighted by atomic mass is 79.9. The number of fused-ring (bicyclic) bond motifs is 1. The molecule has 0 saturated heterocycles. The average molecular weight is 463 g/mol. The Morgan fingerprint density at radius 3 is 2.57 bits per heavy atom. The summed E-state index contributed by atoms with van der Waals surface area (Å²) in [5.74, 6) is -0.327. The third-order valence-corrected chi connectivity index (χ3v) is 5.90. The summed E-state index contributed by atoms with van der Waals surface area (Å²) in [5.41, 5.74) is 3.47. The predicted octanol–water partition coefficient (Wildman–Crippen LogP) is 4.29. The van der Waals surface area contributed by atoms with Crippen molar-refractivity contribution in [2.75, 3.05) is 0 Å². The average Bonchev–Trinajstić information content (AvgIpc) is 2.75. The number of rotatable bonds is 4. The predicted molar refractivity (Wildman–Crippen MR) is 120 cm³/mol. The van der Waals surface area contributed by atoms with Crippen LogP contribution in [-0.2, 0) is 6.54 Å². The number of para-hydroxylation sites is 1. The molecular weight excluding hydrogens is 444 g/mol. The molecule has 0 radical (unpaired) electrons. The van der Waals surface area contributed by atoms with Gasteiger partial charge in [-0.2, -0.15) is 4.73 Å². The maximum atomic E-state index is 13.2. The van der Waals surface area contributed by atoms with Crippen molar-refractivity contribution >= 4 is 32.6 Å². The summed E-state index contributed by atoms with van der Waals surface area (Å²) < 4.78 is 2.97. The van der Waals surface area contributed by atoms with Gasteiger partial charge in [0, 0.05) is 45.2 Å². The van der Waals surface area contributed by atoms with E-state index in [-0.39, 0.29) is 23.3 Å². The van der Waals surface area contributed by atoms with Crippen LogP contribution in [-0.4, -0.2) is 10.4 Å². The minimum Gasteiger partial charge on any atom is -0.618 e. The van der Waals surface area contributed by atoms with Crippen molar-refractivity contribution in [3.05, 3.63) is 115 Å². The molecular formula is C24H19BrN2O3. The third kappa shape index (κ3) is 3.55. The van der Waals surface area contributed by atoms with Crippen LogP contribution in [0.5, 0.6) is 0 Å². The van der Waals surface area contributed by atoms with Crippen molar-refractivity contribution < 1.29 is 9.52 Å². The van der Waals surface area contributed by atoms with Crippen LogP contribution in [0.3, 0.4) is 0 Å². The number of pyridine rings is 2. The summed E-state index contributed by atoms with van der Waals surface area (Å²) in [6.07, 6.45) is 1.56. The molecule has 4 aromatic rings. The first-order valence-electron chi connectivity index (χ1n) is 9.48. The lowest BCUT2D eigenvalue weighted by molar-refractivity contribution is -0.626. The summed E-state index contributed by atoms with van der Waals surface area (Å²) in [6.45, 7) is 4.13.